The number of nitrogens with one attached hydrogen (secondary N) is 2. The number of aliphatic carboxylic acids is 2. The van der Waals surface area contributed by atoms with Gasteiger partial charge in [-0.05, 0) is 12.1 Å². The summed E-state index contributed by atoms with van der Waals surface area (Å²) >= 11 is 8.36. The smallest absolute Gasteiger partial charge is 0.504 e. The Balaban J connectivity index is 0.00000504. The fourth-order valence-corrected chi connectivity index (χ4v) is 8.44. The van der Waals surface area contributed by atoms with E-state index in [-0.39, 0.29) is 87.5 Å². The third-order valence-corrected chi connectivity index (χ3v) is 11.6. The first kappa shape index (κ1) is 38.6. The molecule has 0 bridgehead atoms. The molecule has 4 aliphatic rings. The van der Waals surface area contributed by atoms with Gasteiger partial charge < -0.3 is 46.1 Å². The second-order valence-corrected chi connectivity index (χ2v) is 14.8. The molecule has 1 aromatic heterocycles. The molecule has 3 amide bonds. The van der Waals surface area contributed by atoms with Gasteiger partial charge in [-0.25, -0.2) is 14.6 Å². The number of thiazole rings is 1. The number of phenols is 2. The van der Waals surface area contributed by atoms with Gasteiger partial charge in [-0.1, -0.05) is 16.8 Å². The van der Waals surface area contributed by atoms with Crippen molar-refractivity contribution in [2.45, 2.75) is 42.7 Å². The Bertz CT molecular complexity index is 1850. The first-order valence-corrected chi connectivity index (χ1v) is 17.8. The zero-order valence-electron chi connectivity index (χ0n) is 27.3. The van der Waals surface area contributed by atoms with Crippen LogP contribution in [0, 0.1) is 0 Å². The van der Waals surface area contributed by atoms with E-state index in [0.717, 1.165) is 43.3 Å². The summed E-state index contributed by atoms with van der Waals surface area (Å²) in [6.45, 7) is 2.44. The molecule has 266 valence electrons. The van der Waals surface area contributed by atoms with E-state index in [2.05, 4.69) is 20.8 Å². The number of hydrogen-bond acceptors (Lipinski definition) is 13. The molecule has 2 atom stereocenters. The van der Waals surface area contributed by atoms with Crippen LogP contribution in [-0.2, 0) is 24.0 Å². The summed E-state index contributed by atoms with van der Waals surface area (Å²) in [5.74, 6) is -5.34. The molecule has 21 heteroatoms. The van der Waals surface area contributed by atoms with Crippen LogP contribution < -0.4 is 45.9 Å². The number of quaternary nitrogens is 1. The van der Waals surface area contributed by atoms with Crippen LogP contribution in [0.5, 0.6) is 11.5 Å². The predicted octanol–water partition coefficient (Wildman–Crippen LogP) is -2.09. The molecule has 2 saturated heterocycles. The van der Waals surface area contributed by atoms with Crippen molar-refractivity contribution in [3.05, 3.63) is 45.1 Å². The number of hydrogen-bond donors (Lipinski definition) is 7. The number of thioether (sulfide) groups is 1. The second kappa shape index (κ2) is 15.2. The van der Waals surface area contributed by atoms with E-state index in [1.54, 1.807) is 0 Å². The van der Waals surface area contributed by atoms with Crippen molar-refractivity contribution in [1.29, 1.82) is 0 Å². The number of carbonyl (C=O) groups excluding carboxylic acids is 3. The molecule has 1 aromatic carbocycles. The molecule has 0 unspecified atom stereocenters. The molecule has 3 aliphatic heterocycles. The Labute approximate surface area is 325 Å². The molecule has 1 aliphatic carbocycles. The third-order valence-electron chi connectivity index (χ3n) is 9.17. The van der Waals surface area contributed by atoms with E-state index in [0.29, 0.717) is 23.1 Å². The van der Waals surface area contributed by atoms with E-state index in [1.165, 1.54) is 28.1 Å². The number of oxime groups is 1. The molecule has 0 radical (unpaired) electrons. The number of aromatic hydroxyl groups is 2. The third kappa shape index (κ3) is 7.65. The van der Waals surface area contributed by atoms with Crippen molar-refractivity contribution >= 4 is 75.2 Å². The van der Waals surface area contributed by atoms with E-state index in [4.69, 9.17) is 22.2 Å². The number of nitrogens with zero attached hydrogens (tertiary/aromatic N) is 4. The fourth-order valence-electron chi connectivity index (χ4n) is 6.31. The van der Waals surface area contributed by atoms with Crippen LogP contribution in [0.1, 0.15) is 41.7 Å². The minimum absolute atomic E-state index is 0. The molecule has 17 nitrogen and oxygen atoms in total. The van der Waals surface area contributed by atoms with Crippen LogP contribution >= 0.6 is 34.7 Å². The van der Waals surface area contributed by atoms with Crippen LogP contribution in [0.2, 0.25) is 5.02 Å². The zero-order chi connectivity index (χ0) is 36.0. The number of β-lactam (4-membered cyclic amide) rings is 1. The summed E-state index contributed by atoms with van der Waals surface area (Å²) in [7, 11) is 0. The van der Waals surface area contributed by atoms with Gasteiger partial charge in [0.2, 0.25) is 5.60 Å². The largest absolute Gasteiger partial charge is 1.00 e. The topological polar surface area (TPSA) is 254 Å². The van der Waals surface area contributed by atoms with Gasteiger partial charge in [-0.2, -0.15) is 0 Å². The first-order valence-electron chi connectivity index (χ1n) is 15.5. The van der Waals surface area contributed by atoms with Crippen LogP contribution in [0.3, 0.4) is 0 Å². The van der Waals surface area contributed by atoms with Crippen molar-refractivity contribution in [3.8, 4) is 11.5 Å². The molecule has 0 spiro atoms. The molecule has 1 saturated carbocycles. The number of fused-ring (bicyclic) bond motifs is 1. The van der Waals surface area contributed by atoms with Gasteiger partial charge in [0.05, 0.1) is 36.8 Å². The molecule has 2 aromatic rings. The number of rotatable bonds is 13. The number of carboxylic acids is 2. The monoisotopic (exact) mass is 773 g/mol. The average molecular weight is 774 g/mol. The minimum atomic E-state index is -1.54. The number of aromatic nitrogens is 1. The van der Waals surface area contributed by atoms with Gasteiger partial charge in [0.15, 0.2) is 22.3 Å². The van der Waals surface area contributed by atoms with Crippen molar-refractivity contribution in [3.63, 3.8) is 0 Å². The van der Waals surface area contributed by atoms with Crippen molar-refractivity contribution in [2.75, 3.05) is 44.2 Å². The summed E-state index contributed by atoms with van der Waals surface area (Å²) in [6, 6.07) is 1.36. The maximum Gasteiger partial charge on any atom is 1.00 e. The molecule has 6 rings (SSSR count). The van der Waals surface area contributed by atoms with Gasteiger partial charge in [0, 0.05) is 42.4 Å². The maximum absolute atomic E-state index is 13.5. The Morgan fingerprint density at radius 3 is 2.49 bits per heavy atom. The Morgan fingerprint density at radius 2 is 1.88 bits per heavy atom. The number of nitrogen functional groups attached to an aromatic ring is 1. The van der Waals surface area contributed by atoms with Gasteiger partial charge in [0.25, 0.3) is 17.7 Å². The van der Waals surface area contributed by atoms with E-state index >= 15 is 0 Å². The maximum atomic E-state index is 13.5. The Hall–Kier alpha value is -3.59. The van der Waals surface area contributed by atoms with Crippen LogP contribution in [0.4, 0.5) is 5.13 Å². The molecule has 8 N–H and O–H groups in total. The number of nitrogens with two attached hydrogens (primary N) is 1. The molecular formula is C30H33ClN7NaO10S2+2. The number of carboxylic acid groups (broad SMARTS) is 2. The summed E-state index contributed by atoms with van der Waals surface area (Å²) in [4.78, 5) is 74.3. The second-order valence-electron chi connectivity index (χ2n) is 12.4. The minimum Gasteiger partial charge on any atom is -0.504 e. The van der Waals surface area contributed by atoms with Gasteiger partial charge in [0.1, 0.15) is 29.4 Å². The standard InChI is InChI=1S/C30H32ClN7O10S2.Na/c31-18-15(3-4-17(39)22(18)40)23(41)33-7-10-38(8-1-2-9-38)11-14-12-49-26-20(25(43)37(26)21(14)27(44)45)35-24(42)19(16-13-50-29(32)34-16)36-48-30(5-6-30)28(46)47;/h3-4,13,20,26H,1-2,5-12H2,(H7-,32,33,34,35,36,39,40,41,42,44,45,46,47);/q;+1/p+1/t20-,26-;/m1./s1. The number of amides is 3. The van der Waals surface area contributed by atoms with E-state index in [1.807, 2.05) is 0 Å². The van der Waals surface area contributed by atoms with Gasteiger partial charge in [-0.15, -0.1) is 23.1 Å². The Kier molecular flexibility index (Phi) is 11.5. The normalized spacial score (nSPS) is 21.5. The number of carbonyl (C=O) groups is 5. The first-order chi connectivity index (χ1) is 23.8. The SMILES string of the molecule is Nc1nc(C(=NOC2(C(=O)O)CC2)C(=O)N[C@@H]2C(=O)N3C(C(=O)O)=C(C[N+]4(CCNC(=O)c5ccc(O)c(O)c5Cl)CCCC4)CS[C@H]23)cs1.[Na+]. The van der Waals surface area contributed by atoms with Crippen molar-refractivity contribution in [1.82, 2.24) is 20.5 Å². The molecular weight excluding hydrogens is 741 g/mol. The number of likely N-dealkylation sites (tertiary alicyclic amines) is 1. The van der Waals surface area contributed by atoms with Gasteiger partial charge in [-0.3, -0.25) is 19.3 Å². The van der Waals surface area contributed by atoms with Crippen molar-refractivity contribution in [2.24, 2.45) is 5.16 Å². The molecule has 51 heavy (non-hydrogen) atoms. The number of phenolic OH excluding ortho intramolecular Hbond substituents is 2. The van der Waals surface area contributed by atoms with E-state index < -0.39 is 58.2 Å². The predicted molar refractivity (Wildman–Crippen MR) is 180 cm³/mol. The summed E-state index contributed by atoms with van der Waals surface area (Å²) in [6.07, 6.45) is 2.19. The zero-order valence-corrected chi connectivity index (χ0v) is 31.6. The summed E-state index contributed by atoms with van der Waals surface area (Å²) in [5.41, 5.74) is 4.24. The average Bonchev–Trinajstić information content (AvgIpc) is 3.54. The number of halogens is 1. The van der Waals surface area contributed by atoms with E-state index in [9.17, 15) is 44.4 Å². The Morgan fingerprint density at radius 1 is 1.18 bits per heavy atom. The molecule has 4 heterocycles. The van der Waals surface area contributed by atoms with Crippen LogP contribution in [0.25, 0.3) is 0 Å². The quantitative estimate of drug-likeness (QED) is 0.0288. The summed E-state index contributed by atoms with van der Waals surface area (Å²) < 4.78 is 0.475. The molecule has 3 fully saturated rings. The van der Waals surface area contributed by atoms with Crippen LogP contribution in [0.15, 0.2) is 33.9 Å². The number of anilines is 1. The van der Waals surface area contributed by atoms with Crippen molar-refractivity contribution < 1.29 is 83.3 Å². The van der Waals surface area contributed by atoms with Crippen LogP contribution in [-0.4, -0.2) is 126 Å². The summed E-state index contributed by atoms with van der Waals surface area (Å²) in [5, 5.41) is 49.0. The van der Waals surface area contributed by atoms with Gasteiger partial charge >= 0.3 is 41.5 Å². The fraction of sp³-hybridized carbons (Fsp3) is 0.433. The number of benzene rings is 1.